The Bertz CT molecular complexity index is 407. The molecule has 0 aliphatic carbocycles. The molecule has 2 rings (SSSR count). The molecule has 98 valence electrons. The first-order chi connectivity index (χ1) is 8.85. The van der Waals surface area contributed by atoms with E-state index in [9.17, 15) is 0 Å². The molecule has 1 aromatic rings. The van der Waals surface area contributed by atoms with Gasteiger partial charge in [-0.15, -0.1) is 6.58 Å². The number of nitrogens with one attached hydrogen (secondary N) is 1. The molecular formula is C14H20N2O2. The minimum Gasteiger partial charge on any atom is -0.486 e. The summed E-state index contributed by atoms with van der Waals surface area (Å²) in [4.78, 5) is 0. The highest BCUT2D eigenvalue weighted by Gasteiger charge is 2.15. The number of hydrogen-bond acceptors (Lipinski definition) is 4. The third kappa shape index (κ3) is 3.03. The van der Waals surface area contributed by atoms with Crippen LogP contribution in [0.2, 0.25) is 0 Å². The highest BCUT2D eigenvalue weighted by Crippen LogP contribution is 2.33. The number of benzene rings is 1. The lowest BCUT2D eigenvalue weighted by Gasteiger charge is -2.21. The smallest absolute Gasteiger partial charge is 0.161 e. The molecular weight excluding hydrogens is 228 g/mol. The van der Waals surface area contributed by atoms with Crippen LogP contribution in [0.25, 0.3) is 0 Å². The summed E-state index contributed by atoms with van der Waals surface area (Å²) < 4.78 is 11.1. The third-order valence-electron chi connectivity index (χ3n) is 3.07. The van der Waals surface area contributed by atoms with Crippen molar-refractivity contribution in [3.63, 3.8) is 0 Å². The molecule has 18 heavy (non-hydrogen) atoms. The van der Waals surface area contributed by atoms with Gasteiger partial charge in [-0.2, -0.15) is 0 Å². The predicted octanol–water partition coefficient (Wildman–Crippen LogP) is 2.32. The molecule has 1 atom stereocenters. The van der Waals surface area contributed by atoms with Crippen LogP contribution in [0.3, 0.4) is 0 Å². The Morgan fingerprint density at radius 2 is 2.11 bits per heavy atom. The van der Waals surface area contributed by atoms with E-state index in [2.05, 4.69) is 12.0 Å². The zero-order valence-corrected chi connectivity index (χ0v) is 10.5. The third-order valence-corrected chi connectivity index (χ3v) is 3.07. The van der Waals surface area contributed by atoms with E-state index < -0.39 is 0 Å². The monoisotopic (exact) mass is 248 g/mol. The Kier molecular flexibility index (Phi) is 4.61. The molecule has 4 nitrogen and oxygen atoms in total. The summed E-state index contributed by atoms with van der Waals surface area (Å²) in [5, 5.41) is 0. The van der Waals surface area contributed by atoms with Crippen molar-refractivity contribution in [3.05, 3.63) is 36.4 Å². The maximum atomic E-state index is 5.62. The van der Waals surface area contributed by atoms with E-state index in [0.717, 1.165) is 36.3 Å². The maximum absolute atomic E-state index is 5.62. The second kappa shape index (κ2) is 6.42. The topological polar surface area (TPSA) is 56.5 Å². The number of hydrogen-bond donors (Lipinski definition) is 2. The lowest BCUT2D eigenvalue weighted by Crippen LogP contribution is -2.28. The molecule has 0 spiro atoms. The number of allylic oxidation sites excluding steroid dienone is 1. The van der Waals surface area contributed by atoms with Crippen LogP contribution in [0, 0.1) is 0 Å². The van der Waals surface area contributed by atoms with Crippen molar-refractivity contribution in [2.45, 2.75) is 25.3 Å². The summed E-state index contributed by atoms with van der Waals surface area (Å²) in [5.74, 6) is 7.24. The lowest BCUT2D eigenvalue weighted by atomic mass is 10.0. The number of unbranched alkanes of at least 4 members (excludes halogenated alkanes) is 1. The molecule has 0 saturated carbocycles. The predicted molar refractivity (Wildman–Crippen MR) is 71.5 cm³/mol. The van der Waals surface area contributed by atoms with Gasteiger partial charge < -0.3 is 9.47 Å². The molecule has 0 aromatic heterocycles. The van der Waals surface area contributed by atoms with Gasteiger partial charge >= 0.3 is 0 Å². The molecule has 0 saturated heterocycles. The maximum Gasteiger partial charge on any atom is 0.161 e. The van der Waals surface area contributed by atoms with Gasteiger partial charge in [0.2, 0.25) is 0 Å². The number of fused-ring (bicyclic) bond motifs is 1. The van der Waals surface area contributed by atoms with E-state index in [1.807, 2.05) is 24.3 Å². The van der Waals surface area contributed by atoms with Gasteiger partial charge in [0.1, 0.15) is 13.2 Å². The number of rotatable bonds is 6. The second-order valence-electron chi connectivity index (χ2n) is 4.34. The normalized spacial score (nSPS) is 15.2. The Labute approximate surface area is 108 Å². The summed E-state index contributed by atoms with van der Waals surface area (Å²) in [5.41, 5.74) is 3.98. The first-order valence-electron chi connectivity index (χ1n) is 6.31. The van der Waals surface area contributed by atoms with E-state index >= 15 is 0 Å². The Balaban J connectivity index is 2.07. The molecule has 0 radical (unpaired) electrons. The van der Waals surface area contributed by atoms with E-state index in [0.29, 0.717) is 13.2 Å². The average Bonchev–Trinajstić information content (AvgIpc) is 2.43. The number of ether oxygens (including phenoxy) is 2. The molecule has 0 amide bonds. The fourth-order valence-electron chi connectivity index (χ4n) is 2.09. The fourth-order valence-corrected chi connectivity index (χ4v) is 2.09. The molecule has 1 heterocycles. The Morgan fingerprint density at radius 3 is 2.83 bits per heavy atom. The van der Waals surface area contributed by atoms with Gasteiger partial charge in [0.25, 0.3) is 0 Å². The summed E-state index contributed by atoms with van der Waals surface area (Å²) in [7, 11) is 0. The van der Waals surface area contributed by atoms with Gasteiger partial charge in [0.05, 0.1) is 0 Å². The highest BCUT2D eigenvalue weighted by atomic mass is 16.6. The van der Waals surface area contributed by atoms with Gasteiger partial charge in [0.15, 0.2) is 11.5 Å². The van der Waals surface area contributed by atoms with Crippen LogP contribution in [-0.2, 0) is 0 Å². The first-order valence-corrected chi connectivity index (χ1v) is 6.31. The standard InChI is InChI=1S/C14H20N2O2/c1-2-3-4-5-12(16-15)11-6-7-13-14(10-11)18-9-8-17-13/h2,6-7,10,12,16H,1,3-5,8-9,15H2. The van der Waals surface area contributed by atoms with Gasteiger partial charge in [-0.25, -0.2) is 0 Å². The van der Waals surface area contributed by atoms with Crippen molar-refractivity contribution >= 4 is 0 Å². The van der Waals surface area contributed by atoms with Crippen LogP contribution < -0.4 is 20.7 Å². The summed E-state index contributed by atoms with van der Waals surface area (Å²) >= 11 is 0. The zero-order valence-electron chi connectivity index (χ0n) is 10.5. The quantitative estimate of drug-likeness (QED) is 0.351. The molecule has 1 aliphatic heterocycles. The first kappa shape index (κ1) is 12.9. The molecule has 0 fully saturated rings. The minimum atomic E-state index is 0.140. The van der Waals surface area contributed by atoms with Crippen molar-refractivity contribution in [1.29, 1.82) is 0 Å². The van der Waals surface area contributed by atoms with E-state index in [1.54, 1.807) is 0 Å². The summed E-state index contributed by atoms with van der Waals surface area (Å²) in [6.45, 7) is 4.95. The molecule has 1 aliphatic rings. The molecule has 4 heteroatoms. The summed E-state index contributed by atoms with van der Waals surface area (Å²) in [6.07, 6.45) is 4.97. The molecule has 1 aromatic carbocycles. The van der Waals surface area contributed by atoms with Gasteiger partial charge in [-0.05, 0) is 37.0 Å². The van der Waals surface area contributed by atoms with Crippen LogP contribution in [0.1, 0.15) is 30.9 Å². The Morgan fingerprint density at radius 1 is 1.33 bits per heavy atom. The van der Waals surface area contributed by atoms with Crippen LogP contribution in [0.4, 0.5) is 0 Å². The van der Waals surface area contributed by atoms with Crippen molar-refractivity contribution in [3.8, 4) is 11.5 Å². The number of nitrogens with two attached hydrogens (primary N) is 1. The molecule has 3 N–H and O–H groups in total. The van der Waals surface area contributed by atoms with Crippen LogP contribution >= 0.6 is 0 Å². The minimum absolute atomic E-state index is 0.140. The Hall–Kier alpha value is -1.52. The van der Waals surface area contributed by atoms with Gasteiger partial charge in [0, 0.05) is 6.04 Å². The lowest BCUT2D eigenvalue weighted by molar-refractivity contribution is 0.171. The fraction of sp³-hybridized carbons (Fsp3) is 0.429. The second-order valence-corrected chi connectivity index (χ2v) is 4.34. The van der Waals surface area contributed by atoms with Crippen LogP contribution in [0.15, 0.2) is 30.9 Å². The van der Waals surface area contributed by atoms with Gasteiger partial charge in [-0.1, -0.05) is 12.1 Å². The zero-order chi connectivity index (χ0) is 12.8. The van der Waals surface area contributed by atoms with Crippen molar-refractivity contribution in [2.75, 3.05) is 13.2 Å². The van der Waals surface area contributed by atoms with Crippen LogP contribution in [-0.4, -0.2) is 13.2 Å². The van der Waals surface area contributed by atoms with E-state index in [4.69, 9.17) is 15.3 Å². The van der Waals surface area contributed by atoms with E-state index in [-0.39, 0.29) is 6.04 Å². The van der Waals surface area contributed by atoms with Crippen LogP contribution in [0.5, 0.6) is 11.5 Å². The highest BCUT2D eigenvalue weighted by molar-refractivity contribution is 5.44. The largest absolute Gasteiger partial charge is 0.486 e. The summed E-state index contributed by atoms with van der Waals surface area (Å²) in [6, 6.07) is 6.13. The van der Waals surface area contributed by atoms with Crippen molar-refractivity contribution < 1.29 is 9.47 Å². The van der Waals surface area contributed by atoms with E-state index in [1.165, 1.54) is 0 Å². The van der Waals surface area contributed by atoms with Crippen molar-refractivity contribution in [2.24, 2.45) is 5.84 Å². The SMILES string of the molecule is C=CCCCC(NN)c1ccc2c(c1)OCCO2. The van der Waals surface area contributed by atoms with Crippen molar-refractivity contribution in [1.82, 2.24) is 5.43 Å². The molecule has 1 unspecified atom stereocenters. The average molecular weight is 248 g/mol. The number of hydrazine groups is 1. The molecule has 0 bridgehead atoms. The van der Waals surface area contributed by atoms with Gasteiger partial charge in [-0.3, -0.25) is 11.3 Å².